The van der Waals surface area contributed by atoms with E-state index in [0.29, 0.717) is 5.56 Å². The van der Waals surface area contributed by atoms with E-state index in [9.17, 15) is 0 Å². The number of thioether (sulfide) groups is 1. The van der Waals surface area contributed by atoms with E-state index >= 15 is 0 Å². The lowest BCUT2D eigenvalue weighted by Crippen LogP contribution is -2.00. The molecule has 0 radical (unpaired) electrons. The highest BCUT2D eigenvalue weighted by Crippen LogP contribution is 2.31. The Labute approximate surface area is 168 Å². The molecule has 4 aromatic rings. The van der Waals surface area contributed by atoms with Gasteiger partial charge in [0.25, 0.3) is 0 Å². The third-order valence-electron chi connectivity index (χ3n) is 4.48. The van der Waals surface area contributed by atoms with E-state index in [1.54, 1.807) is 11.8 Å². The standard InChI is InChI=1S/C23H18N4S/c1-17-7-5-6-10-21(17)22-25-26-23(27(22)20-8-3-2-4-9-20)28-16-19-13-11-18(15-24)12-14-19/h2-14H,16H2,1H3. The minimum absolute atomic E-state index is 0.669. The number of hydrogen-bond acceptors (Lipinski definition) is 4. The molecule has 0 bridgehead atoms. The first-order valence-corrected chi connectivity index (χ1v) is 9.93. The number of nitriles is 1. The maximum absolute atomic E-state index is 8.96. The molecule has 0 unspecified atom stereocenters. The van der Waals surface area contributed by atoms with Crippen LogP contribution in [0, 0.1) is 18.3 Å². The van der Waals surface area contributed by atoms with Crippen LogP contribution in [0.4, 0.5) is 0 Å². The Morgan fingerprint density at radius 2 is 1.61 bits per heavy atom. The molecular weight excluding hydrogens is 364 g/mol. The van der Waals surface area contributed by atoms with Crippen molar-refractivity contribution >= 4 is 11.8 Å². The van der Waals surface area contributed by atoms with Gasteiger partial charge in [-0.1, -0.05) is 66.4 Å². The normalized spacial score (nSPS) is 10.6. The summed E-state index contributed by atoms with van der Waals surface area (Å²) >= 11 is 1.64. The van der Waals surface area contributed by atoms with Crippen LogP contribution < -0.4 is 0 Å². The molecule has 4 rings (SSSR count). The Morgan fingerprint density at radius 3 is 2.32 bits per heavy atom. The van der Waals surface area contributed by atoms with Crippen molar-refractivity contribution in [2.75, 3.05) is 0 Å². The van der Waals surface area contributed by atoms with Crippen LogP contribution in [-0.4, -0.2) is 14.8 Å². The number of aryl methyl sites for hydroxylation is 1. The van der Waals surface area contributed by atoms with Crippen LogP contribution in [0.1, 0.15) is 16.7 Å². The molecule has 0 atom stereocenters. The largest absolute Gasteiger partial charge is 0.270 e. The second-order valence-corrected chi connectivity index (χ2v) is 7.33. The number of aromatic nitrogens is 3. The smallest absolute Gasteiger partial charge is 0.196 e. The topological polar surface area (TPSA) is 54.5 Å². The van der Waals surface area contributed by atoms with E-state index in [0.717, 1.165) is 39.1 Å². The van der Waals surface area contributed by atoms with Crippen molar-refractivity contribution in [3.63, 3.8) is 0 Å². The molecule has 136 valence electrons. The first-order valence-electron chi connectivity index (χ1n) is 8.95. The van der Waals surface area contributed by atoms with Gasteiger partial charge in [-0.3, -0.25) is 4.57 Å². The van der Waals surface area contributed by atoms with Crippen molar-refractivity contribution in [2.24, 2.45) is 0 Å². The number of benzene rings is 3. The van der Waals surface area contributed by atoms with Gasteiger partial charge in [-0.05, 0) is 42.3 Å². The first-order chi connectivity index (χ1) is 13.8. The van der Waals surface area contributed by atoms with Gasteiger partial charge < -0.3 is 0 Å². The van der Waals surface area contributed by atoms with E-state index in [1.165, 1.54) is 0 Å². The first kappa shape index (κ1) is 18.0. The van der Waals surface area contributed by atoms with Crippen LogP contribution in [0.2, 0.25) is 0 Å². The zero-order valence-corrected chi connectivity index (χ0v) is 16.2. The molecule has 0 saturated heterocycles. The van der Waals surface area contributed by atoms with Crippen LogP contribution in [0.15, 0.2) is 84.0 Å². The highest BCUT2D eigenvalue weighted by atomic mass is 32.2. The summed E-state index contributed by atoms with van der Waals surface area (Å²) in [4.78, 5) is 0. The van der Waals surface area contributed by atoms with E-state index in [4.69, 9.17) is 5.26 Å². The molecular formula is C23H18N4S. The van der Waals surface area contributed by atoms with E-state index in [-0.39, 0.29) is 0 Å². The van der Waals surface area contributed by atoms with Crippen LogP contribution in [-0.2, 0) is 5.75 Å². The van der Waals surface area contributed by atoms with Crippen molar-refractivity contribution in [3.8, 4) is 23.1 Å². The van der Waals surface area contributed by atoms with Gasteiger partial charge in [0.1, 0.15) is 0 Å². The van der Waals surface area contributed by atoms with E-state index in [2.05, 4.69) is 52.0 Å². The summed E-state index contributed by atoms with van der Waals surface area (Å²) < 4.78 is 2.11. The summed E-state index contributed by atoms with van der Waals surface area (Å²) in [5.74, 6) is 1.59. The van der Waals surface area contributed by atoms with Crippen LogP contribution >= 0.6 is 11.8 Å². The third-order valence-corrected chi connectivity index (χ3v) is 5.48. The van der Waals surface area contributed by atoms with Gasteiger partial charge in [0.2, 0.25) is 0 Å². The SMILES string of the molecule is Cc1ccccc1-c1nnc(SCc2ccc(C#N)cc2)n1-c1ccccc1. The minimum Gasteiger partial charge on any atom is -0.270 e. The maximum atomic E-state index is 8.96. The minimum atomic E-state index is 0.669. The predicted octanol–water partition coefficient (Wildman–Crippen LogP) is 5.41. The molecule has 0 spiro atoms. The van der Waals surface area contributed by atoms with Crippen molar-refractivity contribution in [3.05, 3.63) is 95.6 Å². The molecule has 0 amide bonds. The zero-order chi connectivity index (χ0) is 19.3. The highest BCUT2D eigenvalue weighted by Gasteiger charge is 2.17. The lowest BCUT2D eigenvalue weighted by molar-refractivity contribution is 0.886. The Kier molecular flexibility index (Phi) is 5.22. The number of hydrogen-bond donors (Lipinski definition) is 0. The Hall–Kier alpha value is -3.36. The van der Waals surface area contributed by atoms with Crippen LogP contribution in [0.25, 0.3) is 17.1 Å². The second kappa shape index (κ2) is 8.12. The Balaban J connectivity index is 1.71. The second-order valence-electron chi connectivity index (χ2n) is 6.39. The van der Waals surface area contributed by atoms with Gasteiger partial charge in [0.15, 0.2) is 11.0 Å². The summed E-state index contributed by atoms with van der Waals surface area (Å²) in [5, 5.41) is 18.8. The van der Waals surface area contributed by atoms with Gasteiger partial charge in [0, 0.05) is 17.0 Å². The van der Waals surface area contributed by atoms with E-state index < -0.39 is 0 Å². The maximum Gasteiger partial charge on any atom is 0.196 e. The molecule has 0 N–H and O–H groups in total. The monoisotopic (exact) mass is 382 g/mol. The van der Waals surface area contributed by atoms with Crippen LogP contribution in [0.3, 0.4) is 0 Å². The molecule has 0 saturated carbocycles. The van der Waals surface area contributed by atoms with Crippen molar-refractivity contribution in [2.45, 2.75) is 17.8 Å². The summed E-state index contributed by atoms with van der Waals surface area (Å²) in [5.41, 5.74) is 5.08. The Bertz CT molecular complexity index is 1130. The Morgan fingerprint density at radius 1 is 0.893 bits per heavy atom. The van der Waals surface area contributed by atoms with Crippen molar-refractivity contribution in [1.82, 2.24) is 14.8 Å². The van der Waals surface area contributed by atoms with Gasteiger partial charge in [-0.2, -0.15) is 5.26 Å². The molecule has 1 heterocycles. The average Bonchev–Trinajstić information content (AvgIpc) is 3.17. The zero-order valence-electron chi connectivity index (χ0n) is 15.4. The summed E-state index contributed by atoms with van der Waals surface area (Å²) in [6.45, 7) is 2.09. The fourth-order valence-corrected chi connectivity index (χ4v) is 3.90. The highest BCUT2D eigenvalue weighted by molar-refractivity contribution is 7.98. The van der Waals surface area contributed by atoms with Gasteiger partial charge in [0.05, 0.1) is 11.6 Å². The summed E-state index contributed by atoms with van der Waals surface area (Å²) in [7, 11) is 0. The summed E-state index contributed by atoms with van der Waals surface area (Å²) in [6, 6.07) is 28.2. The van der Waals surface area contributed by atoms with Gasteiger partial charge in [-0.25, -0.2) is 0 Å². The molecule has 1 aromatic heterocycles. The average molecular weight is 382 g/mol. The molecule has 3 aromatic carbocycles. The fraction of sp³-hybridized carbons (Fsp3) is 0.0870. The molecule has 0 aliphatic carbocycles. The van der Waals surface area contributed by atoms with Crippen molar-refractivity contribution < 1.29 is 0 Å². The predicted molar refractivity (Wildman–Crippen MR) is 112 cm³/mol. The molecule has 0 aliphatic rings. The number of rotatable bonds is 5. The third kappa shape index (κ3) is 3.68. The molecule has 5 heteroatoms. The lowest BCUT2D eigenvalue weighted by atomic mass is 10.1. The summed E-state index contributed by atoms with van der Waals surface area (Å²) in [6.07, 6.45) is 0. The van der Waals surface area contributed by atoms with Crippen molar-refractivity contribution in [1.29, 1.82) is 5.26 Å². The van der Waals surface area contributed by atoms with Gasteiger partial charge >= 0.3 is 0 Å². The van der Waals surface area contributed by atoms with Crippen LogP contribution in [0.5, 0.6) is 0 Å². The van der Waals surface area contributed by atoms with E-state index in [1.807, 2.05) is 54.6 Å². The van der Waals surface area contributed by atoms with Gasteiger partial charge in [-0.15, -0.1) is 10.2 Å². The molecule has 0 fully saturated rings. The number of para-hydroxylation sites is 1. The molecule has 0 aliphatic heterocycles. The number of nitrogens with zero attached hydrogens (tertiary/aromatic N) is 4. The quantitative estimate of drug-likeness (QED) is 0.433. The fourth-order valence-electron chi connectivity index (χ4n) is 2.99. The molecule has 4 nitrogen and oxygen atoms in total. The lowest BCUT2D eigenvalue weighted by Gasteiger charge is -2.11. The molecule has 28 heavy (non-hydrogen) atoms.